The fourth-order valence-corrected chi connectivity index (χ4v) is 7.96. The number of nitrogens with zero attached hydrogens (tertiary/aromatic N) is 12. The zero-order valence-electron chi connectivity index (χ0n) is 41.7. The molecule has 6 aromatic heterocycles. The molecule has 6 heterocycles. The van der Waals surface area contributed by atoms with E-state index in [1.807, 2.05) is 140 Å². The number of benzene rings is 3. The minimum absolute atomic E-state index is 0.103. The van der Waals surface area contributed by atoms with Gasteiger partial charge in [0.2, 0.25) is 0 Å². The number of methoxy groups -OCH3 is 2. The van der Waals surface area contributed by atoms with Crippen LogP contribution in [0.5, 0.6) is 0 Å². The molecule has 3 aromatic carbocycles. The summed E-state index contributed by atoms with van der Waals surface area (Å²) in [5.74, 6) is 1.05. The van der Waals surface area contributed by atoms with Gasteiger partial charge >= 0.3 is 11.9 Å². The molecule has 0 bridgehead atoms. The summed E-state index contributed by atoms with van der Waals surface area (Å²) in [4.78, 5) is 67.0. The summed E-state index contributed by atoms with van der Waals surface area (Å²) in [7, 11) is 14.7. The summed E-state index contributed by atoms with van der Waals surface area (Å²) >= 11 is 0. The van der Waals surface area contributed by atoms with Crippen LogP contribution < -0.4 is 20.0 Å². The van der Waals surface area contributed by atoms with Gasteiger partial charge in [-0.25, -0.2) is 39.5 Å². The van der Waals surface area contributed by atoms with E-state index in [0.717, 1.165) is 84.3 Å². The molecule has 366 valence electrons. The van der Waals surface area contributed by atoms with Crippen LogP contribution in [0.25, 0.3) is 33.1 Å². The molecule has 0 aliphatic heterocycles. The third-order valence-electron chi connectivity index (χ3n) is 12.0. The zero-order chi connectivity index (χ0) is 51.1. The molecule has 9 aromatic rings. The van der Waals surface area contributed by atoms with Crippen LogP contribution in [0.15, 0.2) is 110 Å². The van der Waals surface area contributed by atoms with Crippen molar-refractivity contribution in [3.8, 4) is 0 Å². The molecule has 0 aliphatic rings. The summed E-state index contributed by atoms with van der Waals surface area (Å²) in [5.41, 5.74) is 12.8. The maximum atomic E-state index is 12.2. The fourth-order valence-electron chi connectivity index (χ4n) is 7.96. The van der Waals surface area contributed by atoms with E-state index >= 15 is 0 Å². The highest BCUT2D eigenvalue weighted by Gasteiger charge is 2.17. The Morgan fingerprint density at radius 3 is 1.28 bits per heavy atom. The van der Waals surface area contributed by atoms with Crippen molar-refractivity contribution in [1.82, 2.24) is 48.9 Å². The number of aromatic nitrogens is 9. The minimum Gasteiger partial charge on any atom is -0.478 e. The van der Waals surface area contributed by atoms with Crippen molar-refractivity contribution >= 4 is 85.5 Å². The number of carbonyl (C=O) groups excluding carboxylic acids is 2. The first-order valence-electron chi connectivity index (χ1n) is 22.4. The monoisotopic (exact) mass is 959 g/mol. The van der Waals surface area contributed by atoms with Gasteiger partial charge in [-0.15, -0.1) is 0 Å². The maximum Gasteiger partial charge on any atom is 0.337 e. The summed E-state index contributed by atoms with van der Waals surface area (Å²) in [6.45, 7) is 6.82. The standard InChI is InChI=1S/C19H23N5O2.C17H18N4O2.C16H16N4O2/c1-13-9-14(19(25)20-7-8-26-4)5-6-16(13)24(3)18-10-17-15(11-21-18)22-12-23(17)2;1-11-7-12(17(22)23-4)5-6-14(11)21(3)16-8-15-13(9-18-16)19-10-20(15)2;1-10-6-11(16(21)22)4-5-13(10)20(3)15-7-14-12(8-17-15)18-9-19(14)2/h5-6,9-12H,7-8H2,1-4H3,(H,20,25);5-10H,1-4H3;4-9H,1-3H3,(H,21,22). The summed E-state index contributed by atoms with van der Waals surface area (Å²) in [6, 6.07) is 22.2. The van der Waals surface area contributed by atoms with Gasteiger partial charge in [-0.1, -0.05) is 0 Å². The topological polar surface area (TPSA) is 204 Å². The quantitative estimate of drug-likeness (QED) is 0.0880. The van der Waals surface area contributed by atoms with Gasteiger partial charge in [0.25, 0.3) is 5.91 Å². The molecule has 1 amide bonds. The highest BCUT2D eigenvalue weighted by atomic mass is 16.5. The van der Waals surface area contributed by atoms with Crippen LogP contribution in [0.3, 0.4) is 0 Å². The summed E-state index contributed by atoms with van der Waals surface area (Å²) < 4.78 is 15.6. The number of hydrogen-bond donors (Lipinski definition) is 2. The molecular formula is C52H57N13O6. The maximum absolute atomic E-state index is 12.2. The molecule has 0 aliphatic carbocycles. The van der Waals surface area contributed by atoms with Gasteiger partial charge in [0, 0.05) is 96.8 Å². The molecule has 0 saturated carbocycles. The van der Waals surface area contributed by atoms with E-state index < -0.39 is 5.97 Å². The second kappa shape index (κ2) is 21.7. The molecule has 2 N–H and O–H groups in total. The van der Waals surface area contributed by atoms with Gasteiger partial charge in [-0.3, -0.25) is 4.79 Å². The molecular weight excluding hydrogens is 903 g/mol. The number of hydrogen-bond acceptors (Lipinski definition) is 14. The number of carboxylic acids is 1. The number of fused-ring (bicyclic) bond motifs is 3. The van der Waals surface area contributed by atoms with Crippen LogP contribution >= 0.6 is 0 Å². The Hall–Kier alpha value is -8.71. The van der Waals surface area contributed by atoms with Gasteiger partial charge in [0.15, 0.2) is 0 Å². The molecule has 0 spiro atoms. The number of aromatic carboxylic acids is 1. The van der Waals surface area contributed by atoms with Gasteiger partial charge in [0.1, 0.15) is 34.0 Å². The van der Waals surface area contributed by atoms with Crippen molar-refractivity contribution in [1.29, 1.82) is 0 Å². The van der Waals surface area contributed by atoms with Crippen LogP contribution in [-0.2, 0) is 30.6 Å². The second-order valence-corrected chi connectivity index (χ2v) is 16.9. The molecule has 9 rings (SSSR count). The Morgan fingerprint density at radius 2 is 0.915 bits per heavy atom. The van der Waals surface area contributed by atoms with Crippen molar-refractivity contribution in [2.75, 3.05) is 63.2 Å². The Kier molecular flexibility index (Phi) is 15.3. The van der Waals surface area contributed by atoms with Gasteiger partial charge in [0.05, 0.1) is 79.0 Å². The van der Waals surface area contributed by atoms with E-state index in [2.05, 4.69) is 35.2 Å². The number of amides is 1. The average molecular weight is 960 g/mol. The molecule has 0 saturated heterocycles. The molecule has 0 radical (unpaired) electrons. The number of carboxylic acid groups (broad SMARTS) is 1. The zero-order valence-corrected chi connectivity index (χ0v) is 41.7. The molecule has 19 heteroatoms. The summed E-state index contributed by atoms with van der Waals surface area (Å²) in [6.07, 6.45) is 10.6. The molecule has 0 atom stereocenters. The Labute approximate surface area is 411 Å². The predicted molar refractivity (Wildman–Crippen MR) is 276 cm³/mol. The van der Waals surface area contributed by atoms with E-state index in [-0.39, 0.29) is 17.4 Å². The van der Waals surface area contributed by atoms with Crippen molar-refractivity contribution in [2.45, 2.75) is 20.8 Å². The number of pyridine rings is 3. The number of nitrogens with one attached hydrogen (secondary N) is 1. The molecule has 19 nitrogen and oxygen atoms in total. The largest absolute Gasteiger partial charge is 0.478 e. The second-order valence-electron chi connectivity index (χ2n) is 16.9. The lowest BCUT2D eigenvalue weighted by molar-refractivity contribution is 0.0599. The fraction of sp³-hybridized carbons (Fsp3) is 0.250. The summed E-state index contributed by atoms with van der Waals surface area (Å²) in [5, 5.41) is 11.9. The van der Waals surface area contributed by atoms with Crippen LogP contribution in [0, 0.1) is 20.8 Å². The lowest BCUT2D eigenvalue weighted by atomic mass is 10.1. The van der Waals surface area contributed by atoms with Gasteiger partial charge in [-0.2, -0.15) is 0 Å². The van der Waals surface area contributed by atoms with Crippen molar-refractivity contribution in [2.24, 2.45) is 21.1 Å². The van der Waals surface area contributed by atoms with Crippen molar-refractivity contribution in [3.63, 3.8) is 0 Å². The van der Waals surface area contributed by atoms with Crippen LogP contribution in [0.4, 0.5) is 34.5 Å². The number of carbonyl (C=O) groups is 3. The van der Waals surface area contributed by atoms with E-state index in [0.29, 0.717) is 24.3 Å². The number of imidazole rings is 3. The van der Waals surface area contributed by atoms with Crippen molar-refractivity contribution < 1.29 is 29.0 Å². The van der Waals surface area contributed by atoms with E-state index in [9.17, 15) is 14.4 Å². The lowest BCUT2D eigenvalue weighted by Crippen LogP contribution is -2.27. The smallest absolute Gasteiger partial charge is 0.337 e. The first-order valence-corrected chi connectivity index (χ1v) is 22.4. The molecule has 0 fully saturated rings. The average Bonchev–Trinajstić information content (AvgIpc) is 4.07. The number of rotatable bonds is 12. The van der Waals surface area contributed by atoms with E-state index in [4.69, 9.17) is 14.6 Å². The number of ether oxygens (including phenoxy) is 2. The molecule has 71 heavy (non-hydrogen) atoms. The number of esters is 1. The third-order valence-corrected chi connectivity index (χ3v) is 12.0. The van der Waals surface area contributed by atoms with Crippen LogP contribution in [0.2, 0.25) is 0 Å². The van der Waals surface area contributed by atoms with Crippen LogP contribution in [0.1, 0.15) is 47.8 Å². The predicted octanol–water partition coefficient (Wildman–Crippen LogP) is 7.99. The number of anilines is 6. The first kappa shape index (κ1) is 50.2. The number of aryl methyl sites for hydroxylation is 6. The van der Waals surface area contributed by atoms with E-state index in [1.54, 1.807) is 68.9 Å². The normalized spacial score (nSPS) is 10.9. The van der Waals surface area contributed by atoms with Gasteiger partial charge < -0.3 is 48.3 Å². The SMILES string of the molecule is COC(=O)c1ccc(N(C)c2cc3c(cn2)ncn3C)c(C)c1.COCCNC(=O)c1ccc(N(C)c2cc3c(cn2)ncn3C)c(C)c1.Cc1cc(C(=O)O)ccc1N(C)c1cc2c(cn1)ncn2C. The first-order chi connectivity index (χ1) is 34.0. The van der Waals surface area contributed by atoms with Crippen LogP contribution in [-0.4, -0.2) is 115 Å². The highest BCUT2D eigenvalue weighted by Crippen LogP contribution is 2.31. The minimum atomic E-state index is -0.924. The third kappa shape index (κ3) is 11.1. The Morgan fingerprint density at radius 1 is 0.549 bits per heavy atom. The highest BCUT2D eigenvalue weighted by molar-refractivity contribution is 5.95. The lowest BCUT2D eigenvalue weighted by Gasteiger charge is -2.21. The van der Waals surface area contributed by atoms with Crippen molar-refractivity contribution in [3.05, 3.63) is 144 Å². The molecule has 0 unspecified atom stereocenters. The van der Waals surface area contributed by atoms with Gasteiger partial charge in [-0.05, 0) is 92.1 Å². The van der Waals surface area contributed by atoms with E-state index in [1.165, 1.54) is 7.11 Å². The Bertz CT molecular complexity index is 3400. The Balaban J connectivity index is 0.000000157.